The van der Waals surface area contributed by atoms with Gasteiger partial charge in [0.05, 0.1) is 11.0 Å². The van der Waals surface area contributed by atoms with Gasteiger partial charge in [0, 0.05) is 31.1 Å². The van der Waals surface area contributed by atoms with Crippen molar-refractivity contribution in [1.29, 1.82) is 0 Å². The number of aromatic nitrogens is 2. The van der Waals surface area contributed by atoms with Crippen molar-refractivity contribution in [3.05, 3.63) is 59.4 Å². The summed E-state index contributed by atoms with van der Waals surface area (Å²) in [6.07, 6.45) is 4.09. The zero-order chi connectivity index (χ0) is 19.7. The van der Waals surface area contributed by atoms with Crippen LogP contribution in [0.2, 0.25) is 0 Å². The van der Waals surface area contributed by atoms with Crippen molar-refractivity contribution in [3.63, 3.8) is 0 Å². The predicted molar refractivity (Wildman–Crippen MR) is 115 cm³/mol. The molecule has 0 bridgehead atoms. The van der Waals surface area contributed by atoms with E-state index in [0.717, 1.165) is 35.6 Å². The van der Waals surface area contributed by atoms with Gasteiger partial charge in [0.1, 0.15) is 5.82 Å². The molecule has 1 aliphatic heterocycles. The van der Waals surface area contributed by atoms with Crippen LogP contribution in [0.1, 0.15) is 55.5 Å². The molecule has 1 aliphatic rings. The first-order valence-corrected chi connectivity index (χ1v) is 10.4. The lowest BCUT2D eigenvalue weighted by Gasteiger charge is -2.20. The lowest BCUT2D eigenvalue weighted by molar-refractivity contribution is -0.117. The molecule has 0 aliphatic carbocycles. The van der Waals surface area contributed by atoms with Crippen LogP contribution in [0, 0.1) is 13.8 Å². The normalized spacial score (nSPS) is 17.0. The number of carbonyl (C=O) groups is 1. The van der Waals surface area contributed by atoms with E-state index in [1.807, 2.05) is 11.0 Å². The van der Waals surface area contributed by atoms with Gasteiger partial charge in [-0.3, -0.25) is 4.79 Å². The predicted octanol–water partition coefficient (Wildman–Crippen LogP) is 5.36. The summed E-state index contributed by atoms with van der Waals surface area (Å²) in [5.41, 5.74) is 5.64. The molecular formula is C24H29N3O. The van der Waals surface area contributed by atoms with Crippen molar-refractivity contribution < 1.29 is 4.79 Å². The fourth-order valence-electron chi connectivity index (χ4n) is 4.38. The third-order valence-corrected chi connectivity index (χ3v) is 5.80. The summed E-state index contributed by atoms with van der Waals surface area (Å²) in [4.78, 5) is 19.8. The quantitative estimate of drug-likeness (QED) is 0.544. The molecule has 1 aromatic heterocycles. The van der Waals surface area contributed by atoms with Crippen molar-refractivity contribution in [2.45, 2.75) is 58.9 Å². The van der Waals surface area contributed by atoms with E-state index in [9.17, 15) is 4.79 Å². The first-order valence-electron chi connectivity index (χ1n) is 10.4. The summed E-state index contributed by atoms with van der Waals surface area (Å²) in [7, 11) is 0. The number of benzene rings is 2. The molecule has 0 radical (unpaired) electrons. The summed E-state index contributed by atoms with van der Waals surface area (Å²) < 4.78 is 2.36. The smallest absolute Gasteiger partial charge is 0.227 e. The zero-order valence-corrected chi connectivity index (χ0v) is 17.1. The number of unbranched alkanes of at least 4 members (excludes halogenated alkanes) is 2. The highest BCUT2D eigenvalue weighted by Gasteiger charge is 2.35. The van der Waals surface area contributed by atoms with Crippen LogP contribution in [0.5, 0.6) is 0 Å². The minimum atomic E-state index is 0.141. The molecule has 2 heterocycles. The first kappa shape index (κ1) is 18.7. The average molecular weight is 376 g/mol. The van der Waals surface area contributed by atoms with Crippen molar-refractivity contribution in [2.24, 2.45) is 0 Å². The van der Waals surface area contributed by atoms with Crippen LogP contribution in [0.4, 0.5) is 5.69 Å². The highest BCUT2D eigenvalue weighted by atomic mass is 16.2. The van der Waals surface area contributed by atoms with E-state index in [2.05, 4.69) is 61.7 Å². The molecule has 1 fully saturated rings. The molecule has 2 aromatic carbocycles. The van der Waals surface area contributed by atoms with Gasteiger partial charge >= 0.3 is 0 Å². The Kier molecular flexibility index (Phi) is 5.21. The average Bonchev–Trinajstić information content (AvgIpc) is 3.23. The van der Waals surface area contributed by atoms with Crippen LogP contribution in [0.3, 0.4) is 0 Å². The Morgan fingerprint density at radius 3 is 2.71 bits per heavy atom. The second-order valence-corrected chi connectivity index (χ2v) is 8.01. The van der Waals surface area contributed by atoms with Gasteiger partial charge in [0.25, 0.3) is 0 Å². The first-order chi connectivity index (χ1) is 13.6. The fourth-order valence-corrected chi connectivity index (χ4v) is 4.38. The number of aryl methyl sites for hydroxylation is 3. The Morgan fingerprint density at radius 1 is 1.11 bits per heavy atom. The standard InChI is InChI=1S/C24H29N3O/c1-4-5-8-13-26-22-10-7-6-9-20(22)25-24(26)19-15-23(28)27(16-19)21-12-11-17(2)14-18(21)3/h6-7,9-12,14,19H,4-5,8,13,15-16H2,1-3H3. The largest absolute Gasteiger partial charge is 0.328 e. The zero-order valence-electron chi connectivity index (χ0n) is 17.1. The Bertz CT molecular complexity index is 1000. The molecule has 4 heteroatoms. The Balaban J connectivity index is 1.66. The molecule has 1 amide bonds. The summed E-state index contributed by atoms with van der Waals surface area (Å²) in [6, 6.07) is 14.7. The van der Waals surface area contributed by atoms with Gasteiger partial charge < -0.3 is 9.47 Å². The van der Waals surface area contributed by atoms with Crippen molar-refractivity contribution in [2.75, 3.05) is 11.4 Å². The summed E-state index contributed by atoms with van der Waals surface area (Å²) >= 11 is 0. The summed E-state index contributed by atoms with van der Waals surface area (Å²) in [5.74, 6) is 1.41. The van der Waals surface area contributed by atoms with Crippen molar-refractivity contribution in [3.8, 4) is 0 Å². The number of carbonyl (C=O) groups excluding carboxylic acids is 1. The van der Waals surface area contributed by atoms with E-state index >= 15 is 0 Å². The van der Waals surface area contributed by atoms with Crippen LogP contribution in [0.25, 0.3) is 11.0 Å². The second kappa shape index (κ2) is 7.78. The number of anilines is 1. The number of hydrogen-bond acceptors (Lipinski definition) is 2. The van der Waals surface area contributed by atoms with E-state index < -0.39 is 0 Å². The maximum Gasteiger partial charge on any atom is 0.227 e. The van der Waals surface area contributed by atoms with Gasteiger partial charge in [0.15, 0.2) is 0 Å². The third-order valence-electron chi connectivity index (χ3n) is 5.80. The fraction of sp³-hybridized carbons (Fsp3) is 0.417. The van der Waals surface area contributed by atoms with Crippen molar-refractivity contribution in [1.82, 2.24) is 9.55 Å². The minimum Gasteiger partial charge on any atom is -0.328 e. The lowest BCUT2D eigenvalue weighted by Crippen LogP contribution is -2.25. The second-order valence-electron chi connectivity index (χ2n) is 8.01. The molecule has 146 valence electrons. The van der Waals surface area contributed by atoms with Gasteiger partial charge in [-0.15, -0.1) is 0 Å². The van der Waals surface area contributed by atoms with Crippen LogP contribution >= 0.6 is 0 Å². The molecule has 0 saturated carbocycles. The molecule has 3 aromatic rings. The van der Waals surface area contributed by atoms with Crippen LogP contribution in [-0.4, -0.2) is 22.0 Å². The highest BCUT2D eigenvalue weighted by Crippen LogP contribution is 2.34. The summed E-state index contributed by atoms with van der Waals surface area (Å²) in [6.45, 7) is 8.08. The van der Waals surface area contributed by atoms with E-state index in [1.165, 1.54) is 23.9 Å². The molecule has 1 atom stereocenters. The van der Waals surface area contributed by atoms with Crippen LogP contribution in [-0.2, 0) is 11.3 Å². The van der Waals surface area contributed by atoms with E-state index in [-0.39, 0.29) is 11.8 Å². The number of para-hydroxylation sites is 2. The SMILES string of the molecule is CCCCCn1c(C2CC(=O)N(c3ccc(C)cc3C)C2)nc2ccccc21. The topological polar surface area (TPSA) is 38.1 Å². The van der Waals surface area contributed by atoms with Gasteiger partial charge in [-0.2, -0.15) is 0 Å². The number of amides is 1. The molecule has 1 unspecified atom stereocenters. The van der Waals surface area contributed by atoms with Gasteiger partial charge in [-0.25, -0.2) is 4.98 Å². The molecule has 28 heavy (non-hydrogen) atoms. The van der Waals surface area contributed by atoms with E-state index in [0.29, 0.717) is 13.0 Å². The third kappa shape index (κ3) is 3.44. The molecular weight excluding hydrogens is 346 g/mol. The molecule has 0 spiro atoms. The number of fused-ring (bicyclic) bond motifs is 1. The summed E-state index contributed by atoms with van der Waals surface area (Å²) in [5, 5.41) is 0. The van der Waals surface area contributed by atoms with Crippen LogP contribution in [0.15, 0.2) is 42.5 Å². The Labute approximate surface area is 167 Å². The molecule has 0 N–H and O–H groups in total. The number of hydrogen-bond donors (Lipinski definition) is 0. The Morgan fingerprint density at radius 2 is 1.93 bits per heavy atom. The number of imidazole rings is 1. The maximum absolute atomic E-state index is 12.9. The van der Waals surface area contributed by atoms with Gasteiger partial charge in [-0.05, 0) is 44.0 Å². The monoisotopic (exact) mass is 375 g/mol. The highest BCUT2D eigenvalue weighted by molar-refractivity contribution is 5.97. The lowest BCUT2D eigenvalue weighted by atomic mass is 10.1. The number of nitrogens with zero attached hydrogens (tertiary/aromatic N) is 3. The van der Waals surface area contributed by atoms with Gasteiger partial charge in [0.2, 0.25) is 5.91 Å². The maximum atomic E-state index is 12.9. The van der Waals surface area contributed by atoms with Gasteiger partial charge in [-0.1, -0.05) is 49.6 Å². The van der Waals surface area contributed by atoms with Crippen molar-refractivity contribution >= 4 is 22.6 Å². The van der Waals surface area contributed by atoms with E-state index in [1.54, 1.807) is 0 Å². The molecule has 1 saturated heterocycles. The Hall–Kier alpha value is -2.62. The van der Waals surface area contributed by atoms with Crippen LogP contribution < -0.4 is 4.90 Å². The minimum absolute atomic E-state index is 0.141. The number of rotatable bonds is 6. The van der Waals surface area contributed by atoms with E-state index in [4.69, 9.17) is 4.98 Å². The molecule has 4 nitrogen and oxygen atoms in total. The molecule has 4 rings (SSSR count).